The van der Waals surface area contributed by atoms with Crippen molar-refractivity contribution in [1.82, 2.24) is 4.98 Å². The number of primary amides is 1. The predicted molar refractivity (Wildman–Crippen MR) is 63.5 cm³/mol. The highest BCUT2D eigenvalue weighted by molar-refractivity contribution is 5.95. The van der Waals surface area contributed by atoms with E-state index in [2.05, 4.69) is 4.98 Å². The minimum absolute atomic E-state index is 0.135. The Balaban J connectivity index is 2.43. The average Bonchev–Trinajstić information content (AvgIpc) is 2.69. The second-order valence-electron chi connectivity index (χ2n) is 3.57. The van der Waals surface area contributed by atoms with E-state index >= 15 is 0 Å². The van der Waals surface area contributed by atoms with Crippen molar-refractivity contribution in [2.75, 3.05) is 0 Å². The van der Waals surface area contributed by atoms with Gasteiger partial charge in [0.15, 0.2) is 0 Å². The molecule has 0 bridgehead atoms. The largest absolute Gasteiger partial charge is 0.477 e. The third-order valence-electron chi connectivity index (χ3n) is 2.32. The number of aromatic nitrogens is 1. The number of carbonyl (C=O) groups excluding carboxylic acids is 1. The minimum Gasteiger partial charge on any atom is -0.477 e. The van der Waals surface area contributed by atoms with Crippen LogP contribution < -0.4 is 5.73 Å². The van der Waals surface area contributed by atoms with Crippen LogP contribution in [0, 0.1) is 0 Å². The fourth-order valence-electron chi connectivity index (χ4n) is 1.55. The summed E-state index contributed by atoms with van der Waals surface area (Å²) in [5.41, 5.74) is 6.64. The van der Waals surface area contributed by atoms with Gasteiger partial charge in [0.1, 0.15) is 5.69 Å². The summed E-state index contributed by atoms with van der Waals surface area (Å²) in [4.78, 5) is 24.1. The van der Waals surface area contributed by atoms with Gasteiger partial charge in [0, 0.05) is 17.0 Å². The number of aromatic amines is 1. The quantitative estimate of drug-likeness (QED) is 0.694. The second-order valence-corrected chi connectivity index (χ2v) is 3.57. The number of carbonyl (C=O) groups is 2. The van der Waals surface area contributed by atoms with Gasteiger partial charge >= 0.3 is 5.97 Å². The lowest BCUT2D eigenvalue weighted by Gasteiger charge is -1.93. The zero-order valence-corrected chi connectivity index (χ0v) is 8.81. The Morgan fingerprint density at radius 3 is 2.71 bits per heavy atom. The molecule has 0 radical (unpaired) electrons. The topological polar surface area (TPSA) is 96.2 Å². The molecule has 0 spiro atoms. The highest BCUT2D eigenvalue weighted by atomic mass is 16.4. The molecule has 0 aliphatic rings. The summed E-state index contributed by atoms with van der Waals surface area (Å²) in [6.45, 7) is 0. The number of fused-ring (bicyclic) bond motifs is 1. The molecule has 2 rings (SSSR count). The highest BCUT2D eigenvalue weighted by Crippen LogP contribution is 2.18. The lowest BCUT2D eigenvalue weighted by Crippen LogP contribution is -2.04. The van der Waals surface area contributed by atoms with Gasteiger partial charge in [-0.25, -0.2) is 4.79 Å². The molecule has 1 aromatic heterocycles. The van der Waals surface area contributed by atoms with Crippen molar-refractivity contribution in [2.45, 2.75) is 0 Å². The van der Waals surface area contributed by atoms with Crippen molar-refractivity contribution in [2.24, 2.45) is 5.73 Å². The number of nitrogens with two attached hydrogens (primary N) is 1. The molecule has 0 aliphatic heterocycles. The second kappa shape index (κ2) is 4.13. The van der Waals surface area contributed by atoms with E-state index in [0.717, 1.165) is 16.5 Å². The summed E-state index contributed by atoms with van der Waals surface area (Å²) in [6.07, 6.45) is 2.83. The van der Waals surface area contributed by atoms with E-state index in [-0.39, 0.29) is 5.69 Å². The Labute approximate surface area is 96.5 Å². The molecule has 5 nitrogen and oxygen atoms in total. The molecule has 0 atom stereocenters. The molecule has 0 saturated heterocycles. The van der Waals surface area contributed by atoms with Gasteiger partial charge < -0.3 is 15.8 Å². The summed E-state index contributed by atoms with van der Waals surface area (Å²) >= 11 is 0. The van der Waals surface area contributed by atoms with Crippen LogP contribution in [-0.4, -0.2) is 22.0 Å². The maximum atomic E-state index is 10.8. The van der Waals surface area contributed by atoms with E-state index in [1.54, 1.807) is 30.3 Å². The molecule has 1 aromatic carbocycles. The van der Waals surface area contributed by atoms with Crippen LogP contribution in [0.25, 0.3) is 17.0 Å². The Bertz CT molecular complexity index is 626. The van der Waals surface area contributed by atoms with Crippen LogP contribution in [-0.2, 0) is 4.79 Å². The smallest absolute Gasteiger partial charge is 0.352 e. The van der Waals surface area contributed by atoms with Gasteiger partial charge in [0.25, 0.3) is 0 Å². The van der Waals surface area contributed by atoms with Gasteiger partial charge in [-0.2, -0.15) is 0 Å². The number of amides is 1. The maximum Gasteiger partial charge on any atom is 0.352 e. The molecule has 86 valence electrons. The maximum absolute atomic E-state index is 10.8. The predicted octanol–water partition coefficient (Wildman–Crippen LogP) is 1.36. The van der Waals surface area contributed by atoms with Gasteiger partial charge in [-0.1, -0.05) is 6.07 Å². The number of H-pyrrole nitrogens is 1. The van der Waals surface area contributed by atoms with Gasteiger partial charge in [0.05, 0.1) is 0 Å². The van der Waals surface area contributed by atoms with E-state index in [1.165, 1.54) is 6.08 Å². The molecule has 0 fully saturated rings. The first-order chi connectivity index (χ1) is 8.06. The molecular weight excluding hydrogens is 220 g/mol. The molecule has 17 heavy (non-hydrogen) atoms. The number of carboxylic acids is 1. The van der Waals surface area contributed by atoms with E-state index in [4.69, 9.17) is 10.8 Å². The van der Waals surface area contributed by atoms with Crippen molar-refractivity contribution >= 4 is 28.9 Å². The van der Waals surface area contributed by atoms with E-state index in [1.807, 2.05) is 0 Å². The van der Waals surface area contributed by atoms with Gasteiger partial charge in [0.2, 0.25) is 5.91 Å². The van der Waals surface area contributed by atoms with E-state index in [9.17, 15) is 9.59 Å². The van der Waals surface area contributed by atoms with Crippen LogP contribution in [0.1, 0.15) is 16.1 Å². The summed E-state index contributed by atoms with van der Waals surface area (Å²) in [6, 6.07) is 6.84. The number of hydrogen-bond acceptors (Lipinski definition) is 2. The van der Waals surface area contributed by atoms with Crippen LogP contribution in [0.3, 0.4) is 0 Å². The van der Waals surface area contributed by atoms with Crippen molar-refractivity contribution in [3.05, 3.63) is 41.6 Å². The molecule has 1 amide bonds. The van der Waals surface area contributed by atoms with Gasteiger partial charge in [-0.15, -0.1) is 0 Å². The normalized spacial score (nSPS) is 11.1. The van der Waals surface area contributed by atoms with Crippen LogP contribution in [0.5, 0.6) is 0 Å². The first kappa shape index (κ1) is 10.9. The Morgan fingerprint density at radius 2 is 2.06 bits per heavy atom. The number of benzene rings is 1. The Hall–Kier alpha value is -2.56. The Kier molecular flexibility index (Phi) is 2.66. The fraction of sp³-hybridized carbons (Fsp3) is 0. The molecular formula is C12H10N2O3. The first-order valence-corrected chi connectivity index (χ1v) is 4.90. The highest BCUT2D eigenvalue weighted by Gasteiger charge is 2.06. The zero-order chi connectivity index (χ0) is 12.4. The monoisotopic (exact) mass is 230 g/mol. The number of aromatic carboxylic acids is 1. The van der Waals surface area contributed by atoms with Crippen LogP contribution >= 0.6 is 0 Å². The number of carboxylic acid groups (broad SMARTS) is 1. The van der Waals surface area contributed by atoms with Crippen molar-refractivity contribution in [3.63, 3.8) is 0 Å². The molecule has 0 unspecified atom stereocenters. The SMILES string of the molecule is NC(=O)C=Cc1ccc2[nH]c(C(=O)O)cc2c1. The molecule has 2 aromatic rings. The van der Waals surface area contributed by atoms with Crippen molar-refractivity contribution < 1.29 is 14.7 Å². The minimum atomic E-state index is -1.00. The lowest BCUT2D eigenvalue weighted by atomic mass is 10.1. The van der Waals surface area contributed by atoms with Crippen molar-refractivity contribution in [3.8, 4) is 0 Å². The third-order valence-corrected chi connectivity index (χ3v) is 2.32. The van der Waals surface area contributed by atoms with E-state index < -0.39 is 11.9 Å². The van der Waals surface area contributed by atoms with E-state index in [0.29, 0.717) is 0 Å². The van der Waals surface area contributed by atoms with Crippen LogP contribution in [0.4, 0.5) is 0 Å². The number of rotatable bonds is 3. The zero-order valence-electron chi connectivity index (χ0n) is 8.81. The fourth-order valence-corrected chi connectivity index (χ4v) is 1.55. The first-order valence-electron chi connectivity index (χ1n) is 4.90. The van der Waals surface area contributed by atoms with Crippen LogP contribution in [0.15, 0.2) is 30.3 Å². The molecule has 4 N–H and O–H groups in total. The van der Waals surface area contributed by atoms with Crippen LogP contribution in [0.2, 0.25) is 0 Å². The third kappa shape index (κ3) is 2.34. The Morgan fingerprint density at radius 1 is 1.29 bits per heavy atom. The standard InChI is InChI=1S/C12H10N2O3/c13-11(15)4-2-7-1-3-9-8(5-7)6-10(14-9)12(16)17/h1-6,14H,(H2,13,15)(H,16,17). The average molecular weight is 230 g/mol. The lowest BCUT2D eigenvalue weighted by molar-refractivity contribution is -0.113. The van der Waals surface area contributed by atoms with Crippen molar-refractivity contribution in [1.29, 1.82) is 0 Å². The number of hydrogen-bond donors (Lipinski definition) is 3. The molecule has 0 saturated carbocycles. The molecule has 5 heteroatoms. The van der Waals surface area contributed by atoms with Gasteiger partial charge in [-0.05, 0) is 29.8 Å². The summed E-state index contributed by atoms with van der Waals surface area (Å²) in [5, 5.41) is 9.60. The summed E-state index contributed by atoms with van der Waals surface area (Å²) < 4.78 is 0. The molecule has 1 heterocycles. The number of nitrogens with one attached hydrogen (secondary N) is 1. The molecule has 0 aliphatic carbocycles. The summed E-state index contributed by atoms with van der Waals surface area (Å²) in [5.74, 6) is -1.53. The van der Waals surface area contributed by atoms with Gasteiger partial charge in [-0.3, -0.25) is 4.79 Å². The summed E-state index contributed by atoms with van der Waals surface area (Å²) in [7, 11) is 0.